The number of aliphatic hydroxyl groups excluding tert-OH is 1. The highest BCUT2D eigenvalue weighted by molar-refractivity contribution is 5.92. The number of amides is 2. The number of hydrogen-bond donors (Lipinski definition) is 3. The number of β-amino-alcohol motifs (C(OH)–C–C–N with tert-alkyl or cyclic N) is 1. The number of nitrogens with one attached hydrogen (secondary N) is 2. The van der Waals surface area contributed by atoms with Crippen LogP contribution in [0.4, 0.5) is 0 Å². The fourth-order valence-electron chi connectivity index (χ4n) is 5.54. The fourth-order valence-corrected chi connectivity index (χ4v) is 5.54. The number of esters is 2. The Bertz CT molecular complexity index is 723. The molecule has 2 amide bonds. The van der Waals surface area contributed by atoms with E-state index < -0.39 is 35.9 Å². The number of rotatable bonds is 15. The smallest absolute Gasteiger partial charge is 0.328 e. The highest BCUT2D eigenvalue weighted by Gasteiger charge is 2.46. The lowest BCUT2D eigenvalue weighted by atomic mass is 9.93. The van der Waals surface area contributed by atoms with Crippen LogP contribution in [0.5, 0.6) is 0 Å². The molecule has 0 unspecified atom stereocenters. The third-order valence-electron chi connectivity index (χ3n) is 7.85. The van der Waals surface area contributed by atoms with Crippen molar-refractivity contribution >= 4 is 23.8 Å². The summed E-state index contributed by atoms with van der Waals surface area (Å²) in [6, 6.07) is -1.49. The van der Waals surface area contributed by atoms with Crippen LogP contribution in [0.1, 0.15) is 65.2 Å². The Morgan fingerprint density at radius 2 is 1.26 bits per heavy atom. The van der Waals surface area contributed by atoms with E-state index >= 15 is 0 Å². The van der Waals surface area contributed by atoms with E-state index in [9.17, 15) is 24.3 Å². The molecule has 0 spiro atoms. The fraction of sp³-hybridized carbons (Fsp3) is 0.852. The summed E-state index contributed by atoms with van der Waals surface area (Å²) in [7, 11) is 2.60. The first-order valence-electron chi connectivity index (χ1n) is 14.1. The number of ether oxygens (including phenoxy) is 2. The zero-order chi connectivity index (χ0) is 28.1. The molecule has 0 aromatic carbocycles. The van der Waals surface area contributed by atoms with Crippen molar-refractivity contribution < 1.29 is 33.8 Å². The number of carbonyl (C=O) groups excluding carboxylic acids is 4. The van der Waals surface area contributed by atoms with Crippen LogP contribution >= 0.6 is 0 Å². The maximum Gasteiger partial charge on any atom is 0.328 e. The lowest BCUT2D eigenvalue weighted by Gasteiger charge is -2.38. The van der Waals surface area contributed by atoms with Crippen LogP contribution in [0.15, 0.2) is 0 Å². The van der Waals surface area contributed by atoms with Gasteiger partial charge in [0.25, 0.3) is 0 Å². The predicted octanol–water partition coefficient (Wildman–Crippen LogP) is 0.687. The summed E-state index contributed by atoms with van der Waals surface area (Å²) in [5.74, 6) is -2.91. The van der Waals surface area contributed by atoms with Crippen LogP contribution in [-0.2, 0) is 28.7 Å². The molecule has 11 heteroatoms. The first-order valence-corrected chi connectivity index (χ1v) is 14.1. The molecule has 0 bridgehead atoms. The van der Waals surface area contributed by atoms with Crippen molar-refractivity contribution in [3.05, 3.63) is 0 Å². The molecular weight excluding hydrogens is 492 g/mol. The second-order valence-corrected chi connectivity index (χ2v) is 10.4. The molecule has 11 nitrogen and oxygen atoms in total. The van der Waals surface area contributed by atoms with Crippen LogP contribution in [0, 0.1) is 11.8 Å². The molecule has 1 aliphatic heterocycles. The van der Waals surface area contributed by atoms with Gasteiger partial charge in [-0.15, -0.1) is 0 Å². The van der Waals surface area contributed by atoms with Crippen LogP contribution < -0.4 is 10.6 Å². The normalized spacial score (nSPS) is 22.4. The number of unbranched alkanes of at least 4 members (excludes halogenated alkanes) is 2. The van der Waals surface area contributed by atoms with E-state index in [1.54, 1.807) is 0 Å². The number of carbonyl (C=O) groups is 4. The molecule has 38 heavy (non-hydrogen) atoms. The monoisotopic (exact) mass is 540 g/mol. The predicted molar refractivity (Wildman–Crippen MR) is 142 cm³/mol. The lowest BCUT2D eigenvalue weighted by molar-refractivity contribution is -0.147. The van der Waals surface area contributed by atoms with Crippen LogP contribution in [-0.4, -0.2) is 110 Å². The molecule has 0 aromatic heterocycles. The second kappa shape index (κ2) is 16.7. The quantitative estimate of drug-likeness (QED) is 0.256. The summed E-state index contributed by atoms with van der Waals surface area (Å²) in [5.41, 5.74) is 0. The number of methoxy groups -OCH3 is 2. The van der Waals surface area contributed by atoms with Gasteiger partial charge in [0.1, 0.15) is 12.1 Å². The van der Waals surface area contributed by atoms with Gasteiger partial charge in [-0.3, -0.25) is 19.4 Å². The Hall–Kier alpha value is -2.24. The van der Waals surface area contributed by atoms with E-state index in [-0.39, 0.29) is 24.5 Å². The zero-order valence-corrected chi connectivity index (χ0v) is 23.6. The Balaban J connectivity index is 2.20. The molecule has 1 saturated heterocycles. The molecule has 2 aliphatic rings. The number of aliphatic hydroxyl groups is 1. The summed E-state index contributed by atoms with van der Waals surface area (Å²) in [6.07, 6.45) is 5.17. The van der Waals surface area contributed by atoms with Gasteiger partial charge in [-0.1, -0.05) is 39.5 Å². The van der Waals surface area contributed by atoms with Gasteiger partial charge in [0.15, 0.2) is 0 Å². The molecule has 2 fully saturated rings. The number of nitrogens with zero attached hydrogens (tertiary/aromatic N) is 2. The largest absolute Gasteiger partial charge is 0.467 e. The standard InChI is InChI=1S/C27H48N4O7/c1-5-7-9-22(26(35)37-3)28-24(33)20-17-19(31-13-11-30(12-14-31)15-16-32)18-21(20)25(34)29-23(10-8-6-2)27(36)38-4/h19-23,32H,5-18H2,1-4H3,(H,28,33)(H,29,34)/t20-,21-,22+,23+/m1/s1. The van der Waals surface area contributed by atoms with E-state index in [0.717, 1.165) is 51.9 Å². The highest BCUT2D eigenvalue weighted by Crippen LogP contribution is 2.36. The highest BCUT2D eigenvalue weighted by atomic mass is 16.5. The van der Waals surface area contributed by atoms with Crippen molar-refractivity contribution in [3.8, 4) is 0 Å². The molecule has 4 atom stereocenters. The van der Waals surface area contributed by atoms with Gasteiger partial charge in [-0.2, -0.15) is 0 Å². The SMILES string of the molecule is CCCC[C@H](NC(=O)[C@@H]1CC(N2CCN(CCO)CC2)C[C@H]1C(=O)N[C@@H](CCCC)C(=O)OC)C(=O)OC. The van der Waals surface area contributed by atoms with E-state index in [1.165, 1.54) is 14.2 Å². The molecule has 3 N–H and O–H groups in total. The number of piperazine rings is 1. The maximum absolute atomic E-state index is 13.5. The van der Waals surface area contributed by atoms with Gasteiger partial charge in [0.2, 0.25) is 11.8 Å². The first kappa shape index (κ1) is 32.0. The van der Waals surface area contributed by atoms with E-state index in [0.29, 0.717) is 32.2 Å². The van der Waals surface area contributed by atoms with Gasteiger partial charge >= 0.3 is 11.9 Å². The third kappa shape index (κ3) is 9.20. The molecule has 1 saturated carbocycles. The lowest BCUT2D eigenvalue weighted by Crippen LogP contribution is -2.50. The average Bonchev–Trinajstić information content (AvgIpc) is 3.38. The van der Waals surface area contributed by atoms with Gasteiger partial charge in [-0.05, 0) is 25.7 Å². The van der Waals surface area contributed by atoms with Gasteiger partial charge in [-0.25, -0.2) is 9.59 Å². The summed E-state index contributed by atoms with van der Waals surface area (Å²) in [6.45, 7) is 7.97. The molecule has 1 aliphatic carbocycles. The van der Waals surface area contributed by atoms with Crippen molar-refractivity contribution in [2.45, 2.75) is 83.3 Å². The van der Waals surface area contributed by atoms with Crippen LogP contribution in [0.2, 0.25) is 0 Å². The zero-order valence-electron chi connectivity index (χ0n) is 23.6. The van der Waals surface area contributed by atoms with Crippen molar-refractivity contribution in [2.75, 3.05) is 53.6 Å². The minimum atomic E-state index is -0.760. The average molecular weight is 541 g/mol. The van der Waals surface area contributed by atoms with Crippen molar-refractivity contribution in [3.63, 3.8) is 0 Å². The summed E-state index contributed by atoms with van der Waals surface area (Å²) in [5, 5.41) is 15.0. The summed E-state index contributed by atoms with van der Waals surface area (Å²) in [4.78, 5) is 56.2. The van der Waals surface area contributed by atoms with Crippen LogP contribution in [0.3, 0.4) is 0 Å². The molecule has 0 aromatic rings. The van der Waals surface area contributed by atoms with Gasteiger partial charge < -0.3 is 25.2 Å². The molecule has 1 heterocycles. The van der Waals surface area contributed by atoms with E-state index in [1.807, 2.05) is 13.8 Å². The van der Waals surface area contributed by atoms with Gasteiger partial charge in [0, 0.05) is 38.8 Å². The minimum Gasteiger partial charge on any atom is -0.467 e. The van der Waals surface area contributed by atoms with Crippen LogP contribution in [0.25, 0.3) is 0 Å². The van der Waals surface area contributed by atoms with E-state index in [4.69, 9.17) is 9.47 Å². The Morgan fingerprint density at radius 1 is 0.816 bits per heavy atom. The third-order valence-corrected chi connectivity index (χ3v) is 7.85. The minimum absolute atomic E-state index is 0.0252. The van der Waals surface area contributed by atoms with Crippen molar-refractivity contribution in [1.29, 1.82) is 0 Å². The molecule has 218 valence electrons. The van der Waals surface area contributed by atoms with Gasteiger partial charge in [0.05, 0.1) is 32.7 Å². The van der Waals surface area contributed by atoms with Crippen molar-refractivity contribution in [1.82, 2.24) is 20.4 Å². The van der Waals surface area contributed by atoms with E-state index in [2.05, 4.69) is 20.4 Å². The summed E-state index contributed by atoms with van der Waals surface area (Å²) < 4.78 is 9.81. The summed E-state index contributed by atoms with van der Waals surface area (Å²) >= 11 is 0. The molecule has 2 rings (SSSR count). The molecule has 0 radical (unpaired) electrons. The number of hydrogen-bond acceptors (Lipinski definition) is 9. The second-order valence-electron chi connectivity index (χ2n) is 10.4. The first-order chi connectivity index (χ1) is 18.3. The Kier molecular flexibility index (Phi) is 14.0. The topological polar surface area (TPSA) is 138 Å². The molecular formula is C27H48N4O7. The Morgan fingerprint density at radius 3 is 1.63 bits per heavy atom. The Labute approximate surface area is 227 Å². The maximum atomic E-state index is 13.5. The van der Waals surface area contributed by atoms with Crippen molar-refractivity contribution in [2.24, 2.45) is 11.8 Å².